The van der Waals surface area contributed by atoms with E-state index < -0.39 is 16.1 Å². The Bertz CT molecular complexity index is 632. The maximum atomic E-state index is 13.0. The molecule has 1 unspecified atom stereocenters. The number of nitro benzene ring substituents is 1. The first-order valence-electron chi connectivity index (χ1n) is 5.79. The number of nitrogens with zero attached hydrogens (tertiary/aromatic N) is 1. The fourth-order valence-corrected chi connectivity index (χ4v) is 2.55. The minimum absolute atomic E-state index is 0.0275. The molecule has 0 aliphatic rings. The summed E-state index contributed by atoms with van der Waals surface area (Å²) in [6.45, 7) is 0. The van der Waals surface area contributed by atoms with Crippen LogP contribution in [0.5, 0.6) is 0 Å². The van der Waals surface area contributed by atoms with Crippen LogP contribution in [0.15, 0.2) is 42.5 Å². The summed E-state index contributed by atoms with van der Waals surface area (Å²) in [5.41, 5.74) is 1.50. The lowest BCUT2D eigenvalue weighted by atomic mass is 10.0. The molecule has 2 rings (SSSR count). The van der Waals surface area contributed by atoms with Crippen molar-refractivity contribution in [3.63, 3.8) is 0 Å². The van der Waals surface area contributed by atoms with E-state index in [1.165, 1.54) is 24.3 Å². The molecular formula is C14H10Cl2FNO2. The van der Waals surface area contributed by atoms with Gasteiger partial charge in [-0.3, -0.25) is 10.1 Å². The third-order valence-electron chi connectivity index (χ3n) is 2.86. The first-order valence-corrected chi connectivity index (χ1v) is 6.61. The molecule has 0 aliphatic heterocycles. The highest BCUT2D eigenvalue weighted by atomic mass is 35.5. The fourth-order valence-electron chi connectivity index (χ4n) is 1.83. The summed E-state index contributed by atoms with van der Waals surface area (Å²) in [6, 6.07) is 10.2. The maximum absolute atomic E-state index is 13.0. The van der Waals surface area contributed by atoms with E-state index in [1.54, 1.807) is 18.2 Å². The van der Waals surface area contributed by atoms with Gasteiger partial charge in [0.05, 0.1) is 10.3 Å². The number of alkyl halides is 1. The molecule has 0 N–H and O–H groups in total. The van der Waals surface area contributed by atoms with Gasteiger partial charge in [0.1, 0.15) is 5.82 Å². The van der Waals surface area contributed by atoms with E-state index in [0.29, 0.717) is 12.0 Å². The highest BCUT2D eigenvalue weighted by Gasteiger charge is 2.14. The molecule has 6 heteroatoms. The van der Waals surface area contributed by atoms with E-state index in [4.69, 9.17) is 23.2 Å². The summed E-state index contributed by atoms with van der Waals surface area (Å²) in [5.74, 6) is -0.419. The Kier molecular flexibility index (Phi) is 4.57. The largest absolute Gasteiger partial charge is 0.269 e. The molecule has 1 atom stereocenters. The number of nitro groups is 1. The molecule has 0 bridgehead atoms. The Hall–Kier alpha value is -1.65. The summed E-state index contributed by atoms with van der Waals surface area (Å²) >= 11 is 12.2. The van der Waals surface area contributed by atoms with Crippen molar-refractivity contribution in [2.75, 3.05) is 0 Å². The number of benzene rings is 2. The number of halogens is 3. The van der Waals surface area contributed by atoms with Gasteiger partial charge in [0.2, 0.25) is 0 Å². The van der Waals surface area contributed by atoms with Crippen molar-refractivity contribution in [3.8, 4) is 0 Å². The molecular weight excluding hydrogens is 304 g/mol. The van der Waals surface area contributed by atoms with Crippen molar-refractivity contribution in [2.45, 2.75) is 11.8 Å². The third-order valence-corrected chi connectivity index (χ3v) is 3.58. The monoisotopic (exact) mass is 313 g/mol. The third kappa shape index (κ3) is 3.46. The summed E-state index contributed by atoms with van der Waals surface area (Å²) in [6.07, 6.45) is 0.449. The first kappa shape index (κ1) is 14.8. The topological polar surface area (TPSA) is 43.1 Å². The van der Waals surface area contributed by atoms with Crippen LogP contribution in [0, 0.1) is 15.9 Å². The summed E-state index contributed by atoms with van der Waals surface area (Å²) in [4.78, 5) is 10.1. The average molecular weight is 314 g/mol. The predicted molar refractivity (Wildman–Crippen MR) is 76.8 cm³/mol. The van der Waals surface area contributed by atoms with Crippen LogP contribution in [0.25, 0.3) is 0 Å². The standard InChI is InChI=1S/C14H10Cl2FNO2/c15-13(12-6-3-10(17)8-14(12)16)7-9-1-4-11(5-2-9)18(19)20/h1-6,8,13H,7H2. The van der Waals surface area contributed by atoms with Crippen LogP contribution in [0.4, 0.5) is 10.1 Å². The molecule has 3 nitrogen and oxygen atoms in total. The van der Waals surface area contributed by atoms with Gasteiger partial charge in [-0.25, -0.2) is 4.39 Å². The second-order valence-electron chi connectivity index (χ2n) is 4.26. The van der Waals surface area contributed by atoms with Gasteiger partial charge in [-0.05, 0) is 29.7 Å². The second-order valence-corrected chi connectivity index (χ2v) is 5.20. The van der Waals surface area contributed by atoms with Crippen molar-refractivity contribution in [1.29, 1.82) is 0 Å². The number of hydrogen-bond acceptors (Lipinski definition) is 2. The van der Waals surface area contributed by atoms with Gasteiger partial charge >= 0.3 is 0 Å². The minimum atomic E-state index is -0.460. The van der Waals surface area contributed by atoms with E-state index in [-0.39, 0.29) is 10.7 Å². The molecule has 104 valence electrons. The van der Waals surface area contributed by atoms with Crippen molar-refractivity contribution in [3.05, 3.63) is 74.5 Å². The highest BCUT2D eigenvalue weighted by Crippen LogP contribution is 2.31. The van der Waals surface area contributed by atoms with Gasteiger partial charge in [-0.1, -0.05) is 29.8 Å². The van der Waals surface area contributed by atoms with Crippen LogP contribution < -0.4 is 0 Å². The van der Waals surface area contributed by atoms with Crippen LogP contribution in [0.2, 0.25) is 5.02 Å². The van der Waals surface area contributed by atoms with Crippen molar-refractivity contribution < 1.29 is 9.31 Å². The molecule has 20 heavy (non-hydrogen) atoms. The molecule has 0 saturated heterocycles. The molecule has 0 heterocycles. The van der Waals surface area contributed by atoms with E-state index in [1.807, 2.05) is 0 Å². The zero-order chi connectivity index (χ0) is 14.7. The van der Waals surface area contributed by atoms with Gasteiger partial charge < -0.3 is 0 Å². The minimum Gasteiger partial charge on any atom is -0.258 e. The predicted octanol–water partition coefficient (Wildman–Crippen LogP) is 4.91. The zero-order valence-corrected chi connectivity index (χ0v) is 11.7. The van der Waals surface area contributed by atoms with Gasteiger partial charge in [0.25, 0.3) is 5.69 Å². The molecule has 2 aromatic carbocycles. The van der Waals surface area contributed by atoms with Crippen LogP contribution in [-0.2, 0) is 6.42 Å². The number of rotatable bonds is 4. The molecule has 0 amide bonds. The Balaban J connectivity index is 2.14. The van der Waals surface area contributed by atoms with Crippen molar-refractivity contribution in [2.24, 2.45) is 0 Å². The zero-order valence-electron chi connectivity index (χ0n) is 10.2. The van der Waals surface area contributed by atoms with Gasteiger partial charge in [0.15, 0.2) is 0 Å². The Morgan fingerprint density at radius 3 is 2.40 bits per heavy atom. The van der Waals surface area contributed by atoms with E-state index in [9.17, 15) is 14.5 Å². The lowest BCUT2D eigenvalue weighted by Gasteiger charge is -2.11. The van der Waals surface area contributed by atoms with Gasteiger partial charge in [-0.15, -0.1) is 11.6 Å². The molecule has 0 aliphatic carbocycles. The molecule has 0 saturated carbocycles. The molecule has 0 radical (unpaired) electrons. The smallest absolute Gasteiger partial charge is 0.258 e. The van der Waals surface area contributed by atoms with Crippen LogP contribution in [0.1, 0.15) is 16.5 Å². The average Bonchev–Trinajstić information content (AvgIpc) is 2.39. The molecule has 2 aromatic rings. The first-order chi connectivity index (χ1) is 9.47. The number of hydrogen-bond donors (Lipinski definition) is 0. The highest BCUT2D eigenvalue weighted by molar-refractivity contribution is 6.32. The lowest BCUT2D eigenvalue weighted by molar-refractivity contribution is -0.384. The summed E-state index contributed by atoms with van der Waals surface area (Å²) in [5, 5.41) is 10.4. The van der Waals surface area contributed by atoms with Gasteiger partial charge in [-0.2, -0.15) is 0 Å². The van der Waals surface area contributed by atoms with Crippen LogP contribution in [-0.4, -0.2) is 4.92 Å². The van der Waals surface area contributed by atoms with Crippen molar-refractivity contribution in [1.82, 2.24) is 0 Å². The van der Waals surface area contributed by atoms with Crippen molar-refractivity contribution >= 4 is 28.9 Å². The maximum Gasteiger partial charge on any atom is 0.269 e. The Labute approximate surface area is 125 Å². The summed E-state index contributed by atoms with van der Waals surface area (Å²) < 4.78 is 13.0. The van der Waals surface area contributed by atoms with E-state index in [0.717, 1.165) is 5.56 Å². The Morgan fingerprint density at radius 2 is 1.85 bits per heavy atom. The molecule has 0 spiro atoms. The number of non-ortho nitro benzene ring substituents is 1. The quantitative estimate of drug-likeness (QED) is 0.457. The van der Waals surface area contributed by atoms with E-state index in [2.05, 4.69) is 0 Å². The van der Waals surface area contributed by atoms with Crippen LogP contribution >= 0.6 is 23.2 Å². The lowest BCUT2D eigenvalue weighted by Crippen LogP contribution is -1.98. The van der Waals surface area contributed by atoms with Crippen LogP contribution in [0.3, 0.4) is 0 Å². The SMILES string of the molecule is O=[N+]([O-])c1ccc(CC(Cl)c2ccc(F)cc2Cl)cc1. The second kappa shape index (κ2) is 6.20. The Morgan fingerprint density at radius 1 is 1.20 bits per heavy atom. The molecule has 0 fully saturated rings. The normalized spacial score (nSPS) is 12.2. The summed E-state index contributed by atoms with van der Waals surface area (Å²) in [7, 11) is 0. The van der Waals surface area contributed by atoms with E-state index >= 15 is 0 Å². The van der Waals surface area contributed by atoms with Gasteiger partial charge in [0, 0.05) is 17.2 Å². The fraction of sp³-hybridized carbons (Fsp3) is 0.143. The molecule has 0 aromatic heterocycles.